The lowest BCUT2D eigenvalue weighted by Gasteiger charge is -2.38. The molecule has 8 heteroatoms. The Balaban J connectivity index is 1.92. The molecule has 0 atom stereocenters. The summed E-state index contributed by atoms with van der Waals surface area (Å²) in [7, 11) is 0. The van der Waals surface area contributed by atoms with Crippen LogP contribution in [0.1, 0.15) is 27.3 Å². The first-order chi connectivity index (χ1) is 13.9. The van der Waals surface area contributed by atoms with Crippen LogP contribution in [0.2, 0.25) is 0 Å². The van der Waals surface area contributed by atoms with Crippen LogP contribution < -0.4 is 15.4 Å². The van der Waals surface area contributed by atoms with Crippen LogP contribution in [0, 0.1) is 31.0 Å². The average molecular weight is 389 g/mol. The lowest BCUT2D eigenvalue weighted by Crippen LogP contribution is -2.45. The molecule has 0 unspecified atom stereocenters. The van der Waals surface area contributed by atoms with E-state index in [1.165, 1.54) is 35.4 Å². The maximum Gasteiger partial charge on any atom is 0.262 e. The minimum absolute atomic E-state index is 0.118. The minimum atomic E-state index is -0.356. The summed E-state index contributed by atoms with van der Waals surface area (Å²) < 4.78 is 13.6. The van der Waals surface area contributed by atoms with E-state index in [1.807, 2.05) is 11.0 Å². The second-order valence-corrected chi connectivity index (χ2v) is 6.76. The molecule has 0 spiro atoms. The molecule has 0 fully saturated rings. The van der Waals surface area contributed by atoms with Gasteiger partial charge in [0.25, 0.3) is 5.91 Å². The number of anilines is 3. The van der Waals surface area contributed by atoms with Crippen molar-refractivity contribution in [2.45, 2.75) is 13.8 Å². The standard InChI is InChI=1S/C21H16FN5O2/c1-12-7-14(22)3-4-17(12)26-11-27(18-5-6-20(28)25-13(18)2)21(29)16-8-15(9-23)24-10-19(16)26/h3-8,10H,11H2,1-2H3,(H,25,28). The van der Waals surface area contributed by atoms with Gasteiger partial charge in [0.2, 0.25) is 5.56 Å². The SMILES string of the molecule is Cc1cc(F)ccc1N1CN(c2ccc(=O)[nH]c2C)C(=O)c2cc(C#N)ncc21. The first-order valence-electron chi connectivity index (χ1n) is 8.84. The fourth-order valence-corrected chi connectivity index (χ4v) is 3.50. The molecule has 2 aromatic heterocycles. The van der Waals surface area contributed by atoms with E-state index in [9.17, 15) is 19.2 Å². The van der Waals surface area contributed by atoms with Gasteiger partial charge in [-0.15, -0.1) is 0 Å². The summed E-state index contributed by atoms with van der Waals surface area (Å²) in [5, 5.41) is 9.21. The largest absolute Gasteiger partial charge is 0.324 e. The summed E-state index contributed by atoms with van der Waals surface area (Å²) in [5.74, 6) is -0.670. The number of carbonyl (C=O) groups excluding carboxylic acids is 1. The van der Waals surface area contributed by atoms with Gasteiger partial charge in [-0.05, 0) is 49.7 Å². The number of nitriles is 1. The Morgan fingerprint density at radius 2 is 1.83 bits per heavy atom. The van der Waals surface area contributed by atoms with Crippen LogP contribution >= 0.6 is 0 Å². The zero-order chi connectivity index (χ0) is 20.7. The summed E-state index contributed by atoms with van der Waals surface area (Å²) in [4.78, 5) is 35.0. The molecule has 3 aromatic rings. The molecule has 3 heterocycles. The molecule has 0 saturated carbocycles. The number of carbonyl (C=O) groups is 1. The summed E-state index contributed by atoms with van der Waals surface area (Å²) in [6, 6.07) is 10.7. The third-order valence-corrected chi connectivity index (χ3v) is 4.87. The number of rotatable bonds is 2. The molecule has 0 radical (unpaired) electrons. The summed E-state index contributed by atoms with van der Waals surface area (Å²) in [6.45, 7) is 3.63. The zero-order valence-electron chi connectivity index (χ0n) is 15.7. The number of H-pyrrole nitrogens is 1. The van der Waals surface area contributed by atoms with Crippen molar-refractivity contribution in [1.82, 2.24) is 9.97 Å². The number of aromatic nitrogens is 2. The Morgan fingerprint density at radius 3 is 2.52 bits per heavy atom. The van der Waals surface area contributed by atoms with Crippen molar-refractivity contribution in [3.63, 3.8) is 0 Å². The predicted octanol–water partition coefficient (Wildman–Crippen LogP) is 3.15. The molecule has 0 aliphatic carbocycles. The molecule has 4 rings (SSSR count). The van der Waals surface area contributed by atoms with Crippen LogP contribution in [0.4, 0.5) is 21.5 Å². The van der Waals surface area contributed by atoms with E-state index in [1.54, 1.807) is 26.0 Å². The van der Waals surface area contributed by atoms with Crippen LogP contribution in [0.25, 0.3) is 0 Å². The number of pyridine rings is 2. The minimum Gasteiger partial charge on any atom is -0.324 e. The van der Waals surface area contributed by atoms with E-state index in [-0.39, 0.29) is 29.6 Å². The number of hydrogen-bond donors (Lipinski definition) is 1. The second kappa shape index (κ2) is 6.87. The molecule has 1 aliphatic heterocycles. The van der Waals surface area contributed by atoms with Crippen LogP contribution in [0.5, 0.6) is 0 Å². The van der Waals surface area contributed by atoms with E-state index in [4.69, 9.17) is 0 Å². The number of nitrogens with zero attached hydrogens (tertiary/aromatic N) is 4. The van der Waals surface area contributed by atoms with Crippen LogP contribution in [-0.4, -0.2) is 22.5 Å². The number of aryl methyl sites for hydroxylation is 2. The topological polar surface area (TPSA) is 93.1 Å². The Kier molecular flexibility index (Phi) is 4.35. The number of halogens is 1. The Hall–Kier alpha value is -3.99. The lowest BCUT2D eigenvalue weighted by atomic mass is 10.1. The van der Waals surface area contributed by atoms with E-state index >= 15 is 0 Å². The normalized spacial score (nSPS) is 13.2. The fourth-order valence-electron chi connectivity index (χ4n) is 3.50. The van der Waals surface area contributed by atoms with Crippen molar-refractivity contribution >= 4 is 23.0 Å². The van der Waals surface area contributed by atoms with Crippen molar-refractivity contribution < 1.29 is 9.18 Å². The van der Waals surface area contributed by atoms with Crippen LogP contribution in [0.15, 0.2) is 47.4 Å². The predicted molar refractivity (Wildman–Crippen MR) is 106 cm³/mol. The Morgan fingerprint density at radius 1 is 1.07 bits per heavy atom. The second-order valence-electron chi connectivity index (χ2n) is 6.76. The van der Waals surface area contributed by atoms with Gasteiger partial charge in [0.15, 0.2) is 0 Å². The quantitative estimate of drug-likeness (QED) is 0.727. The number of benzene rings is 1. The van der Waals surface area contributed by atoms with Crippen molar-refractivity contribution in [3.05, 3.63) is 81.3 Å². The van der Waals surface area contributed by atoms with Gasteiger partial charge in [0.1, 0.15) is 24.2 Å². The molecule has 144 valence electrons. The highest BCUT2D eigenvalue weighted by Gasteiger charge is 2.33. The fraction of sp³-hybridized carbons (Fsp3) is 0.143. The van der Waals surface area contributed by atoms with Crippen LogP contribution in [0.3, 0.4) is 0 Å². The molecular weight excluding hydrogens is 373 g/mol. The van der Waals surface area contributed by atoms with Gasteiger partial charge in [0, 0.05) is 17.4 Å². The Bertz CT molecular complexity index is 1240. The van der Waals surface area contributed by atoms with Crippen molar-refractivity contribution in [1.29, 1.82) is 5.26 Å². The molecule has 1 aliphatic rings. The van der Waals surface area contributed by atoms with Gasteiger partial charge in [0.05, 0.1) is 23.1 Å². The van der Waals surface area contributed by atoms with E-state index in [0.717, 1.165) is 0 Å². The first kappa shape index (κ1) is 18.4. The molecular formula is C21H16FN5O2. The summed E-state index contributed by atoms with van der Waals surface area (Å²) in [5.41, 5.74) is 3.16. The Labute approximate surface area is 165 Å². The molecule has 0 bridgehead atoms. The van der Waals surface area contributed by atoms with Gasteiger partial charge in [-0.2, -0.15) is 5.26 Å². The number of aromatic amines is 1. The maximum atomic E-state index is 13.6. The molecule has 29 heavy (non-hydrogen) atoms. The molecule has 1 amide bonds. The van der Waals surface area contributed by atoms with Crippen molar-refractivity contribution in [2.75, 3.05) is 16.5 Å². The highest BCUT2D eigenvalue weighted by atomic mass is 19.1. The lowest BCUT2D eigenvalue weighted by molar-refractivity contribution is 0.0983. The molecule has 0 saturated heterocycles. The van der Waals surface area contributed by atoms with E-state index < -0.39 is 0 Å². The first-order valence-corrected chi connectivity index (χ1v) is 8.84. The average Bonchev–Trinajstić information content (AvgIpc) is 2.69. The van der Waals surface area contributed by atoms with Gasteiger partial charge < -0.3 is 9.88 Å². The van der Waals surface area contributed by atoms with Gasteiger partial charge >= 0.3 is 0 Å². The number of hydrogen-bond acceptors (Lipinski definition) is 5. The smallest absolute Gasteiger partial charge is 0.262 e. The third kappa shape index (κ3) is 3.12. The monoisotopic (exact) mass is 389 g/mol. The third-order valence-electron chi connectivity index (χ3n) is 4.87. The number of fused-ring (bicyclic) bond motifs is 1. The molecule has 7 nitrogen and oxygen atoms in total. The number of amides is 1. The number of nitrogens with one attached hydrogen (secondary N) is 1. The highest BCUT2D eigenvalue weighted by molar-refractivity contribution is 6.12. The van der Waals surface area contributed by atoms with E-state index in [2.05, 4.69) is 9.97 Å². The maximum absolute atomic E-state index is 13.6. The summed E-state index contributed by atoms with van der Waals surface area (Å²) in [6.07, 6.45) is 1.48. The molecule has 1 aromatic carbocycles. The molecule has 1 N–H and O–H groups in total. The van der Waals surface area contributed by atoms with Crippen molar-refractivity contribution in [2.24, 2.45) is 0 Å². The summed E-state index contributed by atoms with van der Waals surface area (Å²) >= 11 is 0. The highest BCUT2D eigenvalue weighted by Crippen LogP contribution is 2.37. The van der Waals surface area contributed by atoms with Crippen LogP contribution in [-0.2, 0) is 0 Å². The van der Waals surface area contributed by atoms with E-state index in [0.29, 0.717) is 33.9 Å². The van der Waals surface area contributed by atoms with Gasteiger partial charge in [-0.3, -0.25) is 14.5 Å². The zero-order valence-corrected chi connectivity index (χ0v) is 15.7. The van der Waals surface area contributed by atoms with Gasteiger partial charge in [-0.25, -0.2) is 9.37 Å². The van der Waals surface area contributed by atoms with Gasteiger partial charge in [-0.1, -0.05) is 0 Å². The van der Waals surface area contributed by atoms with Crippen molar-refractivity contribution in [3.8, 4) is 6.07 Å².